The molecule has 19 heavy (non-hydrogen) atoms. The molecule has 1 saturated heterocycles. The van der Waals surface area contributed by atoms with Crippen LogP contribution in [0.5, 0.6) is 5.88 Å². The lowest BCUT2D eigenvalue weighted by atomic mass is 9.98. The molecule has 1 aliphatic rings. The van der Waals surface area contributed by atoms with Crippen LogP contribution in [0.4, 0.5) is 5.82 Å². The minimum Gasteiger partial charge on any atom is -0.474 e. The Kier molecular flexibility index (Phi) is 4.96. The first-order chi connectivity index (χ1) is 9.15. The number of ether oxygens (including phenoxy) is 1. The molecule has 1 aliphatic heterocycles. The van der Waals surface area contributed by atoms with E-state index >= 15 is 0 Å². The van der Waals surface area contributed by atoms with Crippen LogP contribution in [0.15, 0.2) is 12.4 Å². The number of aromatic nitrogens is 2. The molecule has 2 heterocycles. The average Bonchev–Trinajstić information content (AvgIpc) is 2.39. The summed E-state index contributed by atoms with van der Waals surface area (Å²) >= 11 is 0. The largest absolute Gasteiger partial charge is 0.474 e. The Morgan fingerprint density at radius 1 is 1.37 bits per heavy atom. The number of hydrogen-bond donors (Lipinski definition) is 1. The SMILES string of the molecule is CC(C)Oc1cncc(N(C)CC2CCNCC2)n1. The zero-order valence-corrected chi connectivity index (χ0v) is 12.1. The maximum absolute atomic E-state index is 5.58. The highest BCUT2D eigenvalue weighted by atomic mass is 16.5. The number of nitrogens with zero attached hydrogens (tertiary/aromatic N) is 3. The third kappa shape index (κ3) is 4.35. The Morgan fingerprint density at radius 3 is 2.79 bits per heavy atom. The van der Waals surface area contributed by atoms with Gasteiger partial charge in [-0.2, -0.15) is 4.98 Å². The van der Waals surface area contributed by atoms with Crippen molar-refractivity contribution in [2.24, 2.45) is 5.92 Å². The van der Waals surface area contributed by atoms with Crippen LogP contribution in [0.25, 0.3) is 0 Å². The summed E-state index contributed by atoms with van der Waals surface area (Å²) in [5, 5.41) is 3.39. The van der Waals surface area contributed by atoms with Crippen molar-refractivity contribution in [2.75, 3.05) is 31.6 Å². The first kappa shape index (κ1) is 14.1. The van der Waals surface area contributed by atoms with Crippen molar-refractivity contribution < 1.29 is 4.74 Å². The summed E-state index contributed by atoms with van der Waals surface area (Å²) in [7, 11) is 2.07. The third-order valence-corrected chi connectivity index (χ3v) is 3.34. The van der Waals surface area contributed by atoms with Gasteiger partial charge in [0.1, 0.15) is 0 Å². The second kappa shape index (κ2) is 6.70. The molecule has 1 aromatic rings. The minimum atomic E-state index is 0.124. The van der Waals surface area contributed by atoms with Gasteiger partial charge in [-0.15, -0.1) is 0 Å². The zero-order chi connectivity index (χ0) is 13.7. The van der Waals surface area contributed by atoms with Crippen molar-refractivity contribution in [1.82, 2.24) is 15.3 Å². The van der Waals surface area contributed by atoms with Gasteiger partial charge in [0.05, 0.1) is 18.5 Å². The van der Waals surface area contributed by atoms with Gasteiger partial charge < -0.3 is 15.0 Å². The van der Waals surface area contributed by atoms with Crippen LogP contribution >= 0.6 is 0 Å². The molecule has 0 spiro atoms. The van der Waals surface area contributed by atoms with Crippen molar-refractivity contribution in [3.63, 3.8) is 0 Å². The summed E-state index contributed by atoms with van der Waals surface area (Å²) < 4.78 is 5.58. The quantitative estimate of drug-likeness (QED) is 0.877. The average molecular weight is 264 g/mol. The minimum absolute atomic E-state index is 0.124. The molecule has 0 unspecified atom stereocenters. The van der Waals surface area contributed by atoms with Crippen LogP contribution in [-0.4, -0.2) is 42.8 Å². The molecule has 0 aromatic carbocycles. The molecular formula is C14H24N4O. The van der Waals surface area contributed by atoms with Crippen LogP contribution in [0.2, 0.25) is 0 Å². The van der Waals surface area contributed by atoms with Gasteiger partial charge in [-0.3, -0.25) is 4.98 Å². The molecule has 0 amide bonds. The summed E-state index contributed by atoms with van der Waals surface area (Å²) in [6.07, 6.45) is 6.06. The number of rotatable bonds is 5. The fourth-order valence-corrected chi connectivity index (χ4v) is 2.37. The van der Waals surface area contributed by atoms with Gasteiger partial charge in [-0.1, -0.05) is 0 Å². The summed E-state index contributed by atoms with van der Waals surface area (Å²) in [4.78, 5) is 10.9. The Hall–Kier alpha value is -1.36. The van der Waals surface area contributed by atoms with E-state index in [1.165, 1.54) is 12.8 Å². The first-order valence-electron chi connectivity index (χ1n) is 7.05. The summed E-state index contributed by atoms with van der Waals surface area (Å²) in [5.74, 6) is 2.23. The Bertz CT molecular complexity index is 391. The second-order valence-electron chi connectivity index (χ2n) is 5.46. The van der Waals surface area contributed by atoms with E-state index in [-0.39, 0.29) is 6.10 Å². The predicted octanol–water partition coefficient (Wildman–Crippen LogP) is 1.70. The van der Waals surface area contributed by atoms with Crippen molar-refractivity contribution in [3.8, 4) is 5.88 Å². The maximum atomic E-state index is 5.58. The third-order valence-electron chi connectivity index (χ3n) is 3.34. The van der Waals surface area contributed by atoms with Gasteiger partial charge in [0.25, 0.3) is 0 Å². The summed E-state index contributed by atoms with van der Waals surface area (Å²) in [5.41, 5.74) is 0. The van der Waals surface area contributed by atoms with Crippen molar-refractivity contribution >= 4 is 5.82 Å². The lowest BCUT2D eigenvalue weighted by Crippen LogP contribution is -2.34. The molecule has 1 aromatic heterocycles. The molecule has 0 bridgehead atoms. The van der Waals surface area contributed by atoms with Crippen LogP contribution < -0.4 is 15.0 Å². The van der Waals surface area contributed by atoms with Gasteiger partial charge in [-0.05, 0) is 45.7 Å². The van der Waals surface area contributed by atoms with E-state index in [0.29, 0.717) is 5.88 Å². The van der Waals surface area contributed by atoms with Crippen LogP contribution in [-0.2, 0) is 0 Å². The summed E-state index contributed by atoms with van der Waals surface area (Å²) in [6.45, 7) is 7.27. The Morgan fingerprint density at radius 2 is 2.11 bits per heavy atom. The lowest BCUT2D eigenvalue weighted by Gasteiger charge is -2.28. The molecule has 5 nitrogen and oxygen atoms in total. The van der Waals surface area contributed by atoms with Gasteiger partial charge in [0.2, 0.25) is 5.88 Å². The molecule has 1 fully saturated rings. The molecule has 1 N–H and O–H groups in total. The molecule has 0 aliphatic carbocycles. The van der Waals surface area contributed by atoms with E-state index in [1.54, 1.807) is 12.4 Å². The van der Waals surface area contributed by atoms with Crippen LogP contribution in [0.1, 0.15) is 26.7 Å². The van der Waals surface area contributed by atoms with Gasteiger partial charge >= 0.3 is 0 Å². The van der Waals surface area contributed by atoms with E-state index in [9.17, 15) is 0 Å². The zero-order valence-electron chi connectivity index (χ0n) is 12.1. The molecule has 0 atom stereocenters. The van der Waals surface area contributed by atoms with E-state index in [4.69, 9.17) is 4.74 Å². The lowest BCUT2D eigenvalue weighted by molar-refractivity contribution is 0.231. The number of hydrogen-bond acceptors (Lipinski definition) is 5. The van der Waals surface area contributed by atoms with Gasteiger partial charge in [0.15, 0.2) is 5.82 Å². The second-order valence-corrected chi connectivity index (χ2v) is 5.46. The monoisotopic (exact) mass is 264 g/mol. The fourth-order valence-electron chi connectivity index (χ4n) is 2.37. The van der Waals surface area contributed by atoms with Gasteiger partial charge in [0, 0.05) is 13.6 Å². The molecule has 0 radical (unpaired) electrons. The molecule has 106 valence electrons. The molecular weight excluding hydrogens is 240 g/mol. The number of anilines is 1. The molecule has 0 saturated carbocycles. The van der Waals surface area contributed by atoms with Crippen LogP contribution in [0, 0.1) is 5.92 Å². The van der Waals surface area contributed by atoms with E-state index in [1.807, 2.05) is 13.8 Å². The first-order valence-corrected chi connectivity index (χ1v) is 7.05. The summed E-state index contributed by atoms with van der Waals surface area (Å²) in [6, 6.07) is 0. The Labute approximate surface area is 115 Å². The van der Waals surface area contributed by atoms with E-state index < -0.39 is 0 Å². The molecule has 2 rings (SSSR count). The highest BCUT2D eigenvalue weighted by molar-refractivity contribution is 5.36. The normalized spacial score (nSPS) is 16.6. The standard InChI is InChI=1S/C14H24N4O/c1-11(2)19-14-9-16-8-13(17-14)18(3)10-12-4-6-15-7-5-12/h8-9,11-12,15H,4-7,10H2,1-3H3. The molecule has 5 heteroatoms. The Balaban J connectivity index is 1.95. The van der Waals surface area contributed by atoms with Crippen molar-refractivity contribution in [1.29, 1.82) is 0 Å². The van der Waals surface area contributed by atoms with Crippen molar-refractivity contribution in [3.05, 3.63) is 12.4 Å². The highest BCUT2D eigenvalue weighted by Crippen LogP contribution is 2.18. The number of piperidine rings is 1. The smallest absolute Gasteiger partial charge is 0.234 e. The highest BCUT2D eigenvalue weighted by Gasteiger charge is 2.16. The maximum Gasteiger partial charge on any atom is 0.234 e. The van der Waals surface area contributed by atoms with Crippen molar-refractivity contribution in [2.45, 2.75) is 32.8 Å². The van der Waals surface area contributed by atoms with E-state index in [0.717, 1.165) is 31.4 Å². The predicted molar refractivity (Wildman–Crippen MR) is 76.7 cm³/mol. The number of nitrogens with one attached hydrogen (secondary N) is 1. The van der Waals surface area contributed by atoms with E-state index in [2.05, 4.69) is 27.2 Å². The van der Waals surface area contributed by atoms with Crippen LogP contribution in [0.3, 0.4) is 0 Å². The topological polar surface area (TPSA) is 50.3 Å². The van der Waals surface area contributed by atoms with Gasteiger partial charge in [-0.25, -0.2) is 0 Å². The fraction of sp³-hybridized carbons (Fsp3) is 0.714.